The number of quaternary nitrogens is 1. The molecular weight excluding hydrogens is 329 g/mol. The Morgan fingerprint density at radius 2 is 1.71 bits per heavy atom. The molecule has 0 radical (unpaired) electrons. The molecule has 1 aliphatic heterocycles. The van der Waals surface area contributed by atoms with E-state index in [0.29, 0.717) is 13.2 Å². The Bertz CT molecular complexity index is 374. The van der Waals surface area contributed by atoms with Gasteiger partial charge in [-0.05, 0) is 17.7 Å². The van der Waals surface area contributed by atoms with Gasteiger partial charge < -0.3 is 37.9 Å². The number of hydrogen-bond donors (Lipinski definition) is 0. The van der Waals surface area contributed by atoms with Gasteiger partial charge >= 0.3 is 0 Å². The lowest BCUT2D eigenvalue weighted by Gasteiger charge is -2.24. The molecule has 96 valence electrons. The lowest BCUT2D eigenvalue weighted by molar-refractivity contribution is -0.870. The third-order valence-corrected chi connectivity index (χ3v) is 2.68. The molecule has 2 rings (SSSR count). The SMILES string of the molecule is C[N+](C)(C)CCc1ccc2c(c1)OCCO2.[I-]. The highest BCUT2D eigenvalue weighted by atomic mass is 127. The van der Waals surface area contributed by atoms with Crippen molar-refractivity contribution in [1.29, 1.82) is 0 Å². The minimum Gasteiger partial charge on any atom is -1.00 e. The maximum absolute atomic E-state index is 5.57. The summed E-state index contributed by atoms with van der Waals surface area (Å²) in [4.78, 5) is 0. The molecule has 0 bridgehead atoms. The second-order valence-corrected chi connectivity index (χ2v) is 5.24. The van der Waals surface area contributed by atoms with Crippen molar-refractivity contribution < 1.29 is 37.9 Å². The molecule has 0 spiro atoms. The van der Waals surface area contributed by atoms with Crippen LogP contribution in [-0.2, 0) is 6.42 Å². The number of halogens is 1. The van der Waals surface area contributed by atoms with E-state index in [1.165, 1.54) is 5.56 Å². The van der Waals surface area contributed by atoms with Gasteiger partial charge in [-0.15, -0.1) is 0 Å². The first-order valence-electron chi connectivity index (χ1n) is 5.74. The number of benzene rings is 1. The van der Waals surface area contributed by atoms with Gasteiger partial charge in [0, 0.05) is 6.42 Å². The fraction of sp³-hybridized carbons (Fsp3) is 0.538. The summed E-state index contributed by atoms with van der Waals surface area (Å²) in [5, 5.41) is 0. The molecule has 17 heavy (non-hydrogen) atoms. The molecule has 1 heterocycles. The zero-order valence-electron chi connectivity index (χ0n) is 10.7. The molecule has 3 nitrogen and oxygen atoms in total. The molecule has 0 N–H and O–H groups in total. The van der Waals surface area contributed by atoms with Crippen LogP contribution in [0.25, 0.3) is 0 Å². The first-order chi connectivity index (χ1) is 7.54. The van der Waals surface area contributed by atoms with Crippen LogP contribution in [0.5, 0.6) is 11.5 Å². The Labute approximate surface area is 120 Å². The number of likely N-dealkylation sites (N-methyl/N-ethyl adjacent to an activating group) is 1. The van der Waals surface area contributed by atoms with Gasteiger partial charge in [0.05, 0.1) is 27.7 Å². The van der Waals surface area contributed by atoms with Crippen molar-refractivity contribution in [3.8, 4) is 11.5 Å². The van der Waals surface area contributed by atoms with E-state index in [2.05, 4.69) is 33.3 Å². The van der Waals surface area contributed by atoms with E-state index in [9.17, 15) is 0 Å². The highest BCUT2D eigenvalue weighted by Gasteiger charge is 2.13. The number of nitrogens with zero attached hydrogens (tertiary/aromatic N) is 1. The van der Waals surface area contributed by atoms with Crippen molar-refractivity contribution in [3.05, 3.63) is 23.8 Å². The number of fused-ring (bicyclic) bond motifs is 1. The van der Waals surface area contributed by atoms with Crippen LogP contribution >= 0.6 is 0 Å². The molecule has 0 unspecified atom stereocenters. The van der Waals surface area contributed by atoms with Gasteiger partial charge in [-0.2, -0.15) is 0 Å². The summed E-state index contributed by atoms with van der Waals surface area (Å²) in [6.45, 7) is 2.44. The van der Waals surface area contributed by atoms with Crippen LogP contribution < -0.4 is 33.5 Å². The van der Waals surface area contributed by atoms with Gasteiger partial charge in [0.25, 0.3) is 0 Å². The molecule has 0 saturated heterocycles. The summed E-state index contributed by atoms with van der Waals surface area (Å²) in [6, 6.07) is 6.24. The van der Waals surface area contributed by atoms with Gasteiger partial charge in [0.2, 0.25) is 0 Å². The third-order valence-electron chi connectivity index (χ3n) is 2.68. The van der Waals surface area contributed by atoms with E-state index in [1.807, 2.05) is 6.07 Å². The Hall–Kier alpha value is -0.490. The molecular formula is C13H20INO2. The fourth-order valence-corrected chi connectivity index (χ4v) is 1.71. The first-order valence-corrected chi connectivity index (χ1v) is 5.74. The van der Waals surface area contributed by atoms with E-state index in [-0.39, 0.29) is 24.0 Å². The highest BCUT2D eigenvalue weighted by molar-refractivity contribution is 5.43. The van der Waals surface area contributed by atoms with Crippen LogP contribution in [0, 0.1) is 0 Å². The van der Waals surface area contributed by atoms with Crippen molar-refractivity contribution in [3.63, 3.8) is 0 Å². The van der Waals surface area contributed by atoms with E-state index in [1.54, 1.807) is 0 Å². The Morgan fingerprint density at radius 1 is 1.06 bits per heavy atom. The minimum atomic E-state index is 0. The zero-order chi connectivity index (χ0) is 11.6. The Kier molecular flexibility index (Phi) is 5.06. The Morgan fingerprint density at radius 3 is 2.35 bits per heavy atom. The van der Waals surface area contributed by atoms with Crippen molar-refractivity contribution in [2.24, 2.45) is 0 Å². The second-order valence-electron chi connectivity index (χ2n) is 5.24. The van der Waals surface area contributed by atoms with Crippen molar-refractivity contribution >= 4 is 0 Å². The van der Waals surface area contributed by atoms with Gasteiger partial charge in [-0.25, -0.2) is 0 Å². The van der Waals surface area contributed by atoms with Crippen LogP contribution in [0.2, 0.25) is 0 Å². The standard InChI is InChI=1S/C13H20NO2.HI/c1-14(2,3)7-6-11-4-5-12-13(10-11)16-9-8-15-12;/h4-5,10H,6-9H2,1-3H3;1H/q+1;/p-1. The van der Waals surface area contributed by atoms with E-state index in [4.69, 9.17) is 9.47 Å². The predicted octanol–water partition coefficient (Wildman–Crippen LogP) is -1.29. The maximum atomic E-state index is 5.57. The lowest BCUT2D eigenvalue weighted by atomic mass is 10.1. The fourth-order valence-electron chi connectivity index (χ4n) is 1.71. The molecule has 0 atom stereocenters. The molecule has 1 aromatic carbocycles. The number of ether oxygens (including phenoxy) is 2. The van der Waals surface area contributed by atoms with E-state index >= 15 is 0 Å². The minimum absolute atomic E-state index is 0. The summed E-state index contributed by atoms with van der Waals surface area (Å²) in [5.74, 6) is 1.77. The average molecular weight is 349 g/mol. The molecule has 0 amide bonds. The summed E-state index contributed by atoms with van der Waals surface area (Å²) in [5.41, 5.74) is 1.32. The quantitative estimate of drug-likeness (QED) is 0.500. The van der Waals surface area contributed by atoms with E-state index < -0.39 is 0 Å². The van der Waals surface area contributed by atoms with Crippen LogP contribution in [0.15, 0.2) is 18.2 Å². The number of rotatable bonds is 3. The van der Waals surface area contributed by atoms with Gasteiger partial charge in [0.1, 0.15) is 13.2 Å². The molecule has 0 aromatic heterocycles. The van der Waals surface area contributed by atoms with Gasteiger partial charge in [0.15, 0.2) is 11.5 Å². The molecule has 0 aliphatic carbocycles. The van der Waals surface area contributed by atoms with Crippen molar-refractivity contribution in [1.82, 2.24) is 0 Å². The van der Waals surface area contributed by atoms with Crippen LogP contribution in [0.4, 0.5) is 0 Å². The zero-order valence-corrected chi connectivity index (χ0v) is 12.9. The maximum Gasteiger partial charge on any atom is 0.161 e. The van der Waals surface area contributed by atoms with Gasteiger partial charge in [-0.1, -0.05) is 6.07 Å². The smallest absolute Gasteiger partial charge is 0.161 e. The van der Waals surface area contributed by atoms with Crippen molar-refractivity contribution in [2.45, 2.75) is 6.42 Å². The average Bonchev–Trinajstić information content (AvgIpc) is 2.25. The summed E-state index contributed by atoms with van der Waals surface area (Å²) < 4.78 is 12.0. The lowest BCUT2D eigenvalue weighted by Crippen LogP contribution is -3.00. The van der Waals surface area contributed by atoms with Gasteiger partial charge in [-0.3, -0.25) is 0 Å². The summed E-state index contributed by atoms with van der Waals surface area (Å²) >= 11 is 0. The molecule has 1 aliphatic rings. The van der Waals surface area contributed by atoms with Crippen LogP contribution in [0.1, 0.15) is 5.56 Å². The summed E-state index contributed by atoms with van der Waals surface area (Å²) in [7, 11) is 6.62. The molecule has 4 heteroatoms. The van der Waals surface area contributed by atoms with Crippen LogP contribution in [0.3, 0.4) is 0 Å². The molecule has 0 fully saturated rings. The number of hydrogen-bond acceptors (Lipinski definition) is 2. The second kappa shape index (κ2) is 5.91. The Balaban J connectivity index is 0.00000144. The molecule has 1 aromatic rings. The van der Waals surface area contributed by atoms with Crippen molar-refractivity contribution in [2.75, 3.05) is 40.9 Å². The molecule has 0 saturated carbocycles. The van der Waals surface area contributed by atoms with Crippen LogP contribution in [-0.4, -0.2) is 45.4 Å². The monoisotopic (exact) mass is 349 g/mol. The largest absolute Gasteiger partial charge is 1.00 e. The predicted molar refractivity (Wildman–Crippen MR) is 64.0 cm³/mol. The third kappa shape index (κ3) is 4.35. The first kappa shape index (κ1) is 14.6. The highest BCUT2D eigenvalue weighted by Crippen LogP contribution is 2.30. The summed E-state index contributed by atoms with van der Waals surface area (Å²) in [6.07, 6.45) is 1.07. The topological polar surface area (TPSA) is 18.5 Å². The normalized spacial score (nSPS) is 14.1. The van der Waals surface area contributed by atoms with E-state index in [0.717, 1.165) is 28.9 Å².